The van der Waals surface area contributed by atoms with Gasteiger partial charge in [0.05, 0.1) is 0 Å². The van der Waals surface area contributed by atoms with Crippen LogP contribution in [-0.2, 0) is 21.6 Å². The second-order valence-electron chi connectivity index (χ2n) is 3.08. The molecule has 0 radical (unpaired) electrons. The van der Waals surface area contributed by atoms with Crippen LogP contribution in [-0.4, -0.2) is 11.9 Å². The second kappa shape index (κ2) is 6.80. The van der Waals surface area contributed by atoms with Crippen LogP contribution in [0.25, 0.3) is 0 Å². The third-order valence-electron chi connectivity index (χ3n) is 1.63. The van der Waals surface area contributed by atoms with Crippen LogP contribution >= 0.6 is 32.3 Å². The Morgan fingerprint density at radius 3 is 2.18 bits per heavy atom. The van der Waals surface area contributed by atoms with Gasteiger partial charge in [-0.25, -0.2) is 0 Å². The number of rotatable bonds is 4. The standard InChI is InChI=1S/C11H12ClIO4/c1-8(14)16-13(17-9(2)15)11-6-4-3-5-10(11)7-12/h3-6H,7H2,1-2H3. The first-order chi connectivity index (χ1) is 8.04. The molecule has 1 aromatic carbocycles. The molecule has 17 heavy (non-hydrogen) atoms. The molecule has 0 unspecified atom stereocenters. The molecule has 0 heterocycles. The summed E-state index contributed by atoms with van der Waals surface area (Å²) in [6.45, 7) is 2.58. The van der Waals surface area contributed by atoms with E-state index in [0.717, 1.165) is 9.13 Å². The molecule has 0 amide bonds. The van der Waals surface area contributed by atoms with Crippen molar-refractivity contribution in [1.29, 1.82) is 0 Å². The normalized spacial score (nSPS) is 10.6. The van der Waals surface area contributed by atoms with Crippen LogP contribution in [0.15, 0.2) is 24.3 Å². The Kier molecular flexibility index (Phi) is 5.70. The molecule has 0 fully saturated rings. The zero-order valence-corrected chi connectivity index (χ0v) is 12.3. The van der Waals surface area contributed by atoms with Crippen LogP contribution < -0.4 is 0 Å². The summed E-state index contributed by atoms with van der Waals surface area (Å²) in [6.07, 6.45) is 0. The van der Waals surface area contributed by atoms with E-state index in [0.29, 0.717) is 0 Å². The monoisotopic (exact) mass is 370 g/mol. The van der Waals surface area contributed by atoms with Crippen LogP contribution in [0.3, 0.4) is 0 Å². The molecule has 6 heteroatoms. The summed E-state index contributed by atoms with van der Waals surface area (Å²) in [5.74, 6) is -0.631. The maximum absolute atomic E-state index is 11.0. The van der Waals surface area contributed by atoms with E-state index in [1.807, 2.05) is 12.1 Å². The van der Waals surface area contributed by atoms with Gasteiger partial charge < -0.3 is 0 Å². The number of halogens is 2. The molecule has 0 aromatic heterocycles. The van der Waals surface area contributed by atoms with E-state index in [1.165, 1.54) is 13.8 Å². The summed E-state index contributed by atoms with van der Waals surface area (Å²) >= 11 is 3.05. The number of carbonyl (C=O) groups is 2. The second-order valence-corrected chi connectivity index (χ2v) is 6.63. The van der Waals surface area contributed by atoms with Crippen molar-refractivity contribution in [2.75, 3.05) is 0 Å². The van der Waals surface area contributed by atoms with Crippen molar-refractivity contribution in [2.24, 2.45) is 0 Å². The van der Waals surface area contributed by atoms with Gasteiger partial charge in [0.1, 0.15) is 0 Å². The van der Waals surface area contributed by atoms with Gasteiger partial charge in [-0.2, -0.15) is 0 Å². The molecule has 0 aliphatic carbocycles. The first kappa shape index (κ1) is 14.2. The molecular weight excluding hydrogens is 358 g/mol. The van der Waals surface area contributed by atoms with Crippen LogP contribution in [0.4, 0.5) is 0 Å². The fourth-order valence-electron chi connectivity index (χ4n) is 1.05. The minimum atomic E-state index is -2.74. The molecule has 1 rings (SSSR count). The molecule has 0 aliphatic heterocycles. The molecule has 94 valence electrons. The van der Waals surface area contributed by atoms with E-state index in [4.69, 9.17) is 17.7 Å². The molecule has 0 saturated carbocycles. The summed E-state index contributed by atoms with van der Waals surface area (Å²) in [5, 5.41) is 0. The molecule has 0 aliphatic rings. The van der Waals surface area contributed by atoms with Crippen molar-refractivity contribution >= 4 is 44.2 Å². The SMILES string of the molecule is CC(=O)OI(OC(C)=O)c1ccccc1CCl. The maximum atomic E-state index is 11.0. The Balaban J connectivity index is 3.02. The number of hydrogen-bond donors (Lipinski definition) is 0. The van der Waals surface area contributed by atoms with Gasteiger partial charge >= 0.3 is 113 Å². The zero-order chi connectivity index (χ0) is 12.8. The van der Waals surface area contributed by atoms with Crippen molar-refractivity contribution < 1.29 is 15.7 Å². The van der Waals surface area contributed by atoms with Gasteiger partial charge in [-0.15, -0.1) is 0 Å². The third-order valence-corrected chi connectivity index (χ3v) is 5.96. The van der Waals surface area contributed by atoms with Gasteiger partial charge in [-0.1, -0.05) is 0 Å². The predicted molar refractivity (Wildman–Crippen MR) is 72.2 cm³/mol. The molecule has 0 saturated heterocycles. The van der Waals surface area contributed by atoms with E-state index < -0.39 is 32.6 Å². The quantitative estimate of drug-likeness (QED) is 0.604. The fourth-order valence-corrected chi connectivity index (χ4v) is 4.64. The van der Waals surface area contributed by atoms with E-state index in [1.54, 1.807) is 12.1 Å². The average Bonchev–Trinajstić information content (AvgIpc) is 2.27. The first-order valence-corrected chi connectivity index (χ1v) is 8.14. The molecule has 0 N–H and O–H groups in total. The topological polar surface area (TPSA) is 52.6 Å². The Bertz CT molecular complexity index is 406. The van der Waals surface area contributed by atoms with Crippen LogP contribution in [0, 0.1) is 3.57 Å². The number of alkyl halides is 1. The molecule has 0 bridgehead atoms. The van der Waals surface area contributed by atoms with Gasteiger partial charge in [-0.3, -0.25) is 0 Å². The van der Waals surface area contributed by atoms with Crippen molar-refractivity contribution in [3.63, 3.8) is 0 Å². The summed E-state index contributed by atoms with van der Waals surface area (Å²) in [6, 6.07) is 7.22. The zero-order valence-electron chi connectivity index (χ0n) is 9.41. The summed E-state index contributed by atoms with van der Waals surface area (Å²) < 4.78 is 10.9. The number of carbonyl (C=O) groups excluding carboxylic acids is 2. The Labute approximate surface area is 113 Å². The number of benzene rings is 1. The average molecular weight is 371 g/mol. The van der Waals surface area contributed by atoms with Crippen molar-refractivity contribution in [2.45, 2.75) is 19.7 Å². The van der Waals surface area contributed by atoms with E-state index in [9.17, 15) is 9.59 Å². The third kappa shape index (κ3) is 4.51. The van der Waals surface area contributed by atoms with Gasteiger partial charge in [-0.05, 0) is 0 Å². The van der Waals surface area contributed by atoms with Crippen LogP contribution in [0.1, 0.15) is 19.4 Å². The van der Waals surface area contributed by atoms with Crippen LogP contribution in [0.5, 0.6) is 0 Å². The summed E-state index contributed by atoms with van der Waals surface area (Å²) in [5.41, 5.74) is 0.821. The Morgan fingerprint density at radius 1 is 1.18 bits per heavy atom. The predicted octanol–water partition coefficient (Wildman–Crippen LogP) is 3.06. The van der Waals surface area contributed by atoms with Crippen LogP contribution in [0.2, 0.25) is 0 Å². The fraction of sp³-hybridized carbons (Fsp3) is 0.273. The Hall–Kier alpha value is -0.820. The van der Waals surface area contributed by atoms with Gasteiger partial charge in [0, 0.05) is 0 Å². The van der Waals surface area contributed by atoms with E-state index in [2.05, 4.69) is 0 Å². The summed E-state index contributed by atoms with van der Waals surface area (Å²) in [7, 11) is 0. The molecule has 4 nitrogen and oxygen atoms in total. The summed E-state index contributed by atoms with van der Waals surface area (Å²) in [4.78, 5) is 22.0. The van der Waals surface area contributed by atoms with E-state index >= 15 is 0 Å². The first-order valence-electron chi connectivity index (χ1n) is 4.76. The molecule has 1 aromatic rings. The minimum absolute atomic E-state index is 0.284. The Morgan fingerprint density at radius 2 is 1.71 bits per heavy atom. The van der Waals surface area contributed by atoms with E-state index in [-0.39, 0.29) is 5.88 Å². The van der Waals surface area contributed by atoms with Gasteiger partial charge in [0.2, 0.25) is 0 Å². The van der Waals surface area contributed by atoms with Gasteiger partial charge in [0.15, 0.2) is 0 Å². The van der Waals surface area contributed by atoms with Gasteiger partial charge in [0.25, 0.3) is 0 Å². The molecule has 0 atom stereocenters. The number of hydrogen-bond acceptors (Lipinski definition) is 4. The van der Waals surface area contributed by atoms with Crippen molar-refractivity contribution in [3.8, 4) is 0 Å². The molecule has 0 spiro atoms. The van der Waals surface area contributed by atoms with Crippen molar-refractivity contribution in [1.82, 2.24) is 0 Å². The van der Waals surface area contributed by atoms with Crippen molar-refractivity contribution in [3.05, 3.63) is 33.4 Å². The molecular formula is C11H12ClIO4.